The Morgan fingerprint density at radius 2 is 1.93 bits per heavy atom. The van der Waals surface area contributed by atoms with Gasteiger partial charge in [0.15, 0.2) is 0 Å². The number of amides is 1. The van der Waals surface area contributed by atoms with Crippen molar-refractivity contribution in [1.29, 1.82) is 0 Å². The zero-order valence-corrected chi connectivity index (χ0v) is 17.0. The number of hydrogen-bond donors (Lipinski definition) is 2. The molecule has 9 heteroatoms. The average molecular weight is 475 g/mol. The maximum atomic E-state index is 12.4. The number of carbonyl (C=O) groups is 1. The summed E-state index contributed by atoms with van der Waals surface area (Å²) in [7, 11) is 0. The first kappa shape index (κ1) is 20.5. The number of nitro groups is 1. The molecule has 3 rings (SSSR count). The summed E-state index contributed by atoms with van der Waals surface area (Å²) in [6, 6.07) is 15.8. The number of hydrogen-bond acceptors (Lipinski definition) is 5. The van der Waals surface area contributed by atoms with Crippen molar-refractivity contribution in [2.45, 2.75) is 0 Å². The highest BCUT2D eigenvalue weighted by Crippen LogP contribution is 2.32. The van der Waals surface area contributed by atoms with Crippen molar-refractivity contribution in [2.75, 3.05) is 5.32 Å². The van der Waals surface area contributed by atoms with E-state index in [9.17, 15) is 20.0 Å². The van der Waals surface area contributed by atoms with E-state index in [2.05, 4.69) is 26.2 Å². The van der Waals surface area contributed by atoms with Gasteiger partial charge in [0, 0.05) is 29.6 Å². The molecule has 146 valence electrons. The molecule has 3 aromatic rings. The van der Waals surface area contributed by atoms with E-state index in [0.717, 1.165) is 0 Å². The summed E-state index contributed by atoms with van der Waals surface area (Å²) in [4.78, 5) is 27.0. The number of non-ortho nitro benzene ring substituents is 1. The zero-order valence-electron chi connectivity index (χ0n) is 14.7. The molecule has 0 radical (unpaired) electrons. The molecule has 2 N–H and O–H groups in total. The molecule has 0 unspecified atom stereocenters. The minimum Gasteiger partial charge on any atom is -0.506 e. The van der Waals surface area contributed by atoms with Crippen LogP contribution in [0.15, 0.2) is 70.1 Å². The number of benzene rings is 3. The van der Waals surface area contributed by atoms with E-state index in [-0.39, 0.29) is 27.4 Å². The fourth-order valence-electron chi connectivity index (χ4n) is 2.46. The highest BCUT2D eigenvalue weighted by molar-refractivity contribution is 9.10. The Hall–Kier alpha value is -3.23. The molecule has 0 saturated heterocycles. The minimum atomic E-state index is -0.563. The summed E-state index contributed by atoms with van der Waals surface area (Å²) in [6.45, 7) is 0. The number of carbonyl (C=O) groups excluding carboxylic acids is 1. The second kappa shape index (κ2) is 8.85. The largest absolute Gasteiger partial charge is 0.506 e. The molecule has 0 aliphatic carbocycles. The Kier molecular flexibility index (Phi) is 6.26. The maximum Gasteiger partial charge on any atom is 0.271 e. The Balaban J connectivity index is 1.83. The number of aromatic hydroxyl groups is 1. The highest BCUT2D eigenvalue weighted by Gasteiger charge is 2.14. The van der Waals surface area contributed by atoms with Gasteiger partial charge >= 0.3 is 0 Å². The summed E-state index contributed by atoms with van der Waals surface area (Å²) < 4.78 is 0.189. The first-order valence-electron chi connectivity index (χ1n) is 8.22. The van der Waals surface area contributed by atoms with Crippen LogP contribution in [0.2, 0.25) is 5.02 Å². The molecule has 0 spiro atoms. The lowest BCUT2D eigenvalue weighted by Gasteiger charge is -2.07. The van der Waals surface area contributed by atoms with E-state index >= 15 is 0 Å². The number of phenolic OH excluding ortho intramolecular Hbond substituents is 1. The van der Waals surface area contributed by atoms with Crippen molar-refractivity contribution < 1.29 is 14.8 Å². The fraction of sp³-hybridized carbons (Fsp3) is 0. The number of aliphatic imine (C=N–C) groups is 1. The second-order valence-electron chi connectivity index (χ2n) is 5.87. The lowest BCUT2D eigenvalue weighted by Crippen LogP contribution is -2.12. The van der Waals surface area contributed by atoms with E-state index in [1.165, 1.54) is 18.3 Å². The van der Waals surface area contributed by atoms with Crippen LogP contribution in [-0.4, -0.2) is 22.2 Å². The van der Waals surface area contributed by atoms with Crippen LogP contribution in [0, 0.1) is 10.1 Å². The van der Waals surface area contributed by atoms with Gasteiger partial charge in [0.25, 0.3) is 11.6 Å². The summed E-state index contributed by atoms with van der Waals surface area (Å²) in [5, 5.41) is 24.1. The third-order valence-electron chi connectivity index (χ3n) is 3.86. The molecule has 3 aromatic carbocycles. The van der Waals surface area contributed by atoms with Gasteiger partial charge in [-0.15, -0.1) is 0 Å². The van der Waals surface area contributed by atoms with Crippen LogP contribution in [0.4, 0.5) is 17.1 Å². The first-order chi connectivity index (χ1) is 13.8. The van der Waals surface area contributed by atoms with Crippen molar-refractivity contribution in [3.05, 3.63) is 91.4 Å². The predicted molar refractivity (Wildman–Crippen MR) is 116 cm³/mol. The summed E-state index contributed by atoms with van der Waals surface area (Å²) in [5.41, 5.74) is 1.31. The van der Waals surface area contributed by atoms with Crippen molar-refractivity contribution in [3.63, 3.8) is 0 Å². The predicted octanol–water partition coefficient (Wildman–Crippen LogP) is 5.72. The molecular weight excluding hydrogens is 462 g/mol. The molecular formula is C20H13BrClN3O4. The molecule has 0 saturated carbocycles. The molecule has 0 atom stereocenters. The monoisotopic (exact) mass is 473 g/mol. The van der Waals surface area contributed by atoms with Gasteiger partial charge in [-0.2, -0.15) is 0 Å². The number of phenols is 1. The molecule has 0 aliphatic rings. The van der Waals surface area contributed by atoms with Crippen LogP contribution in [-0.2, 0) is 0 Å². The smallest absolute Gasteiger partial charge is 0.271 e. The number of rotatable bonds is 5. The van der Waals surface area contributed by atoms with Crippen LogP contribution >= 0.6 is 27.5 Å². The van der Waals surface area contributed by atoms with Crippen molar-refractivity contribution in [2.24, 2.45) is 4.99 Å². The lowest BCUT2D eigenvalue weighted by molar-refractivity contribution is -0.385. The second-order valence-corrected chi connectivity index (χ2v) is 7.13. The van der Waals surface area contributed by atoms with Gasteiger partial charge in [-0.1, -0.05) is 29.8 Å². The summed E-state index contributed by atoms with van der Waals surface area (Å²) in [5.74, 6) is -0.528. The van der Waals surface area contributed by atoms with Crippen LogP contribution in [0.1, 0.15) is 15.9 Å². The van der Waals surface area contributed by atoms with Crippen LogP contribution in [0.3, 0.4) is 0 Å². The summed E-state index contributed by atoms with van der Waals surface area (Å²) in [6.07, 6.45) is 1.31. The first-order valence-corrected chi connectivity index (χ1v) is 9.39. The normalized spacial score (nSPS) is 10.8. The molecule has 0 aliphatic heterocycles. The van der Waals surface area contributed by atoms with E-state index in [0.29, 0.717) is 22.0 Å². The molecule has 0 fully saturated rings. The molecule has 0 heterocycles. The van der Waals surface area contributed by atoms with Crippen LogP contribution in [0.25, 0.3) is 0 Å². The number of anilines is 1. The van der Waals surface area contributed by atoms with Gasteiger partial charge < -0.3 is 10.4 Å². The van der Waals surface area contributed by atoms with E-state index in [1.54, 1.807) is 48.5 Å². The molecule has 29 heavy (non-hydrogen) atoms. The van der Waals surface area contributed by atoms with Gasteiger partial charge in [-0.05, 0) is 46.3 Å². The molecule has 7 nitrogen and oxygen atoms in total. The molecule has 0 aromatic heterocycles. The van der Waals surface area contributed by atoms with Gasteiger partial charge in [-0.3, -0.25) is 19.9 Å². The van der Waals surface area contributed by atoms with Crippen LogP contribution < -0.4 is 5.32 Å². The number of nitrogens with one attached hydrogen (secondary N) is 1. The number of nitro benzene ring substituents is 1. The third kappa shape index (κ3) is 4.98. The Labute approximate surface area is 179 Å². The molecule has 1 amide bonds. The van der Waals surface area contributed by atoms with E-state index in [4.69, 9.17) is 11.6 Å². The lowest BCUT2D eigenvalue weighted by atomic mass is 10.2. The topological polar surface area (TPSA) is 105 Å². The number of halogens is 2. The van der Waals surface area contributed by atoms with Gasteiger partial charge in [0.2, 0.25) is 0 Å². The third-order valence-corrected chi connectivity index (χ3v) is 4.80. The fourth-order valence-corrected chi connectivity index (χ4v) is 3.15. The van der Waals surface area contributed by atoms with Crippen molar-refractivity contribution in [1.82, 2.24) is 0 Å². The standard InChI is InChI=1S/C20H13BrClN3O4/c21-17-10-15(25(28)29)8-12(19(17)26)11-23-13-4-3-5-14(9-13)24-20(27)16-6-1-2-7-18(16)22/h1-11,26H,(H,24,27). The maximum absolute atomic E-state index is 12.4. The van der Waals surface area contributed by atoms with Gasteiger partial charge in [0.05, 0.1) is 25.7 Å². The van der Waals surface area contributed by atoms with E-state index in [1.807, 2.05) is 0 Å². The zero-order chi connectivity index (χ0) is 21.0. The summed E-state index contributed by atoms with van der Waals surface area (Å²) >= 11 is 9.12. The minimum absolute atomic E-state index is 0.164. The van der Waals surface area contributed by atoms with Crippen molar-refractivity contribution in [3.8, 4) is 5.75 Å². The molecule has 0 bridgehead atoms. The average Bonchev–Trinajstić information content (AvgIpc) is 2.69. The Morgan fingerprint density at radius 3 is 2.66 bits per heavy atom. The van der Waals surface area contributed by atoms with Gasteiger partial charge in [-0.25, -0.2) is 0 Å². The van der Waals surface area contributed by atoms with Crippen LogP contribution in [0.5, 0.6) is 5.75 Å². The quantitative estimate of drug-likeness (QED) is 0.280. The SMILES string of the molecule is O=C(Nc1cccc(N=Cc2cc([N+](=O)[O-])cc(Br)c2O)c1)c1ccccc1Cl. The Morgan fingerprint density at radius 1 is 1.17 bits per heavy atom. The van der Waals surface area contributed by atoms with Gasteiger partial charge in [0.1, 0.15) is 5.75 Å². The highest BCUT2D eigenvalue weighted by atomic mass is 79.9. The number of nitrogens with zero attached hydrogens (tertiary/aromatic N) is 2. The van der Waals surface area contributed by atoms with E-state index < -0.39 is 4.92 Å². The van der Waals surface area contributed by atoms with Crippen molar-refractivity contribution >= 4 is 56.7 Å². The Bertz CT molecular complexity index is 1130.